The van der Waals surface area contributed by atoms with Gasteiger partial charge in [-0.3, -0.25) is 0 Å². The number of nitrogens with zero attached hydrogens (tertiary/aromatic N) is 3. The lowest BCUT2D eigenvalue weighted by molar-refractivity contribution is 0.620. The summed E-state index contributed by atoms with van der Waals surface area (Å²) in [6.45, 7) is 5.41. The predicted octanol–water partition coefficient (Wildman–Crippen LogP) is 2.03. The molecular formula is C9H17N3. The monoisotopic (exact) mass is 167 g/mol. The van der Waals surface area contributed by atoms with Gasteiger partial charge in [-0.15, -0.1) is 10.2 Å². The van der Waals surface area contributed by atoms with Crippen LogP contribution in [0.5, 0.6) is 0 Å². The summed E-state index contributed by atoms with van der Waals surface area (Å²) in [5.41, 5.74) is 0. The molecule has 0 fully saturated rings. The lowest BCUT2D eigenvalue weighted by Gasteiger charge is -2.02. The van der Waals surface area contributed by atoms with E-state index in [0.717, 1.165) is 25.2 Å². The molecule has 3 nitrogen and oxygen atoms in total. The average Bonchev–Trinajstić information content (AvgIpc) is 2.50. The van der Waals surface area contributed by atoms with Crippen LogP contribution in [0.15, 0.2) is 6.33 Å². The van der Waals surface area contributed by atoms with Crippen molar-refractivity contribution < 1.29 is 0 Å². The predicted molar refractivity (Wildman–Crippen MR) is 48.9 cm³/mol. The molecule has 68 valence electrons. The van der Waals surface area contributed by atoms with Crippen molar-refractivity contribution in [3.63, 3.8) is 0 Å². The first-order valence-corrected chi connectivity index (χ1v) is 4.75. The Labute approximate surface area is 73.8 Å². The molecule has 0 N–H and O–H groups in total. The van der Waals surface area contributed by atoms with Crippen LogP contribution in [0.1, 0.15) is 38.9 Å². The molecule has 1 heterocycles. The van der Waals surface area contributed by atoms with E-state index in [0.29, 0.717) is 0 Å². The molecule has 1 aromatic rings. The molecule has 1 aromatic heterocycles. The average molecular weight is 167 g/mol. The van der Waals surface area contributed by atoms with Crippen LogP contribution < -0.4 is 0 Å². The number of rotatable bonds is 5. The Morgan fingerprint density at radius 2 is 2.17 bits per heavy atom. The molecule has 0 aliphatic rings. The number of unbranched alkanes of at least 4 members (excludes halogenated alkanes) is 1. The maximum Gasteiger partial charge on any atom is 0.132 e. The van der Waals surface area contributed by atoms with Crippen molar-refractivity contribution in [1.29, 1.82) is 0 Å². The topological polar surface area (TPSA) is 30.7 Å². The van der Waals surface area contributed by atoms with Gasteiger partial charge in [0, 0.05) is 13.0 Å². The summed E-state index contributed by atoms with van der Waals surface area (Å²) in [7, 11) is 0. The molecule has 0 spiro atoms. The van der Waals surface area contributed by atoms with E-state index in [1.165, 1.54) is 12.8 Å². The van der Waals surface area contributed by atoms with Crippen molar-refractivity contribution in [1.82, 2.24) is 14.8 Å². The van der Waals surface area contributed by atoms with Crippen molar-refractivity contribution in [2.45, 2.75) is 46.1 Å². The summed E-state index contributed by atoms with van der Waals surface area (Å²) < 4.78 is 2.15. The highest BCUT2D eigenvalue weighted by atomic mass is 15.3. The third-order valence-corrected chi connectivity index (χ3v) is 1.91. The zero-order chi connectivity index (χ0) is 8.81. The quantitative estimate of drug-likeness (QED) is 0.671. The van der Waals surface area contributed by atoms with Crippen LogP contribution in [0, 0.1) is 0 Å². The number of hydrogen-bond donors (Lipinski definition) is 0. The molecule has 0 amide bonds. The van der Waals surface area contributed by atoms with E-state index < -0.39 is 0 Å². The Balaban J connectivity index is 2.51. The fourth-order valence-electron chi connectivity index (χ4n) is 1.24. The van der Waals surface area contributed by atoms with Gasteiger partial charge in [-0.25, -0.2) is 0 Å². The van der Waals surface area contributed by atoms with E-state index in [4.69, 9.17) is 0 Å². The molecule has 0 saturated heterocycles. The number of hydrogen-bond acceptors (Lipinski definition) is 2. The maximum absolute atomic E-state index is 4.09. The normalized spacial score (nSPS) is 10.5. The molecule has 0 saturated carbocycles. The lowest BCUT2D eigenvalue weighted by Crippen LogP contribution is -2.02. The van der Waals surface area contributed by atoms with Crippen molar-refractivity contribution in [2.75, 3.05) is 0 Å². The molecule has 0 aliphatic carbocycles. The number of aromatic nitrogens is 3. The van der Waals surface area contributed by atoms with E-state index in [-0.39, 0.29) is 0 Å². The second-order valence-corrected chi connectivity index (χ2v) is 3.04. The van der Waals surface area contributed by atoms with Crippen molar-refractivity contribution in [2.24, 2.45) is 0 Å². The van der Waals surface area contributed by atoms with Crippen LogP contribution in [-0.4, -0.2) is 14.8 Å². The molecule has 0 unspecified atom stereocenters. The second kappa shape index (κ2) is 4.91. The van der Waals surface area contributed by atoms with Crippen molar-refractivity contribution in [3.05, 3.63) is 12.2 Å². The molecule has 0 aromatic carbocycles. The molecular weight excluding hydrogens is 150 g/mol. The van der Waals surface area contributed by atoms with Crippen molar-refractivity contribution >= 4 is 0 Å². The Morgan fingerprint density at radius 3 is 2.83 bits per heavy atom. The van der Waals surface area contributed by atoms with E-state index in [2.05, 4.69) is 28.6 Å². The highest BCUT2D eigenvalue weighted by Crippen LogP contribution is 2.02. The van der Waals surface area contributed by atoms with Gasteiger partial charge in [0.05, 0.1) is 0 Å². The van der Waals surface area contributed by atoms with Gasteiger partial charge in [0.25, 0.3) is 0 Å². The van der Waals surface area contributed by atoms with E-state index in [1.54, 1.807) is 0 Å². The van der Waals surface area contributed by atoms with Gasteiger partial charge in [0.2, 0.25) is 0 Å². The molecule has 0 bridgehead atoms. The maximum atomic E-state index is 4.09. The Bertz CT molecular complexity index is 217. The van der Waals surface area contributed by atoms with Gasteiger partial charge in [-0.05, 0) is 12.8 Å². The summed E-state index contributed by atoms with van der Waals surface area (Å²) in [6, 6.07) is 0. The molecule has 0 aliphatic heterocycles. The van der Waals surface area contributed by atoms with E-state index in [1.807, 2.05) is 6.33 Å². The summed E-state index contributed by atoms with van der Waals surface area (Å²) in [5, 5.41) is 7.99. The largest absolute Gasteiger partial charge is 0.318 e. The third-order valence-electron chi connectivity index (χ3n) is 1.91. The van der Waals surface area contributed by atoms with Crippen molar-refractivity contribution in [3.8, 4) is 0 Å². The Hall–Kier alpha value is -0.860. The minimum absolute atomic E-state index is 1.05. The summed E-state index contributed by atoms with van der Waals surface area (Å²) in [6.07, 6.45) is 6.48. The highest BCUT2D eigenvalue weighted by Gasteiger charge is 2.01. The van der Waals surface area contributed by atoms with Crippen LogP contribution >= 0.6 is 0 Å². The Morgan fingerprint density at radius 1 is 1.33 bits per heavy atom. The molecule has 3 heteroatoms. The zero-order valence-corrected chi connectivity index (χ0v) is 7.95. The first-order valence-electron chi connectivity index (χ1n) is 4.75. The van der Waals surface area contributed by atoms with Gasteiger partial charge < -0.3 is 4.57 Å². The van der Waals surface area contributed by atoms with Gasteiger partial charge >= 0.3 is 0 Å². The van der Waals surface area contributed by atoms with Crippen LogP contribution in [-0.2, 0) is 13.0 Å². The van der Waals surface area contributed by atoms with Gasteiger partial charge in [0.1, 0.15) is 12.2 Å². The molecule has 1 rings (SSSR count). The summed E-state index contributed by atoms with van der Waals surface area (Å²) in [5.74, 6) is 1.14. The summed E-state index contributed by atoms with van der Waals surface area (Å²) >= 11 is 0. The minimum atomic E-state index is 1.05. The SMILES string of the molecule is CCCCc1nncn1CCC. The lowest BCUT2D eigenvalue weighted by atomic mass is 10.2. The number of aryl methyl sites for hydroxylation is 2. The highest BCUT2D eigenvalue weighted by molar-refractivity contribution is 4.85. The molecule has 0 atom stereocenters. The smallest absolute Gasteiger partial charge is 0.132 e. The molecule has 0 radical (unpaired) electrons. The van der Waals surface area contributed by atoms with Crippen LogP contribution in [0.25, 0.3) is 0 Å². The fraction of sp³-hybridized carbons (Fsp3) is 0.778. The Kier molecular flexibility index (Phi) is 3.77. The first-order chi connectivity index (χ1) is 5.88. The van der Waals surface area contributed by atoms with Crippen LogP contribution in [0.3, 0.4) is 0 Å². The van der Waals surface area contributed by atoms with Gasteiger partial charge in [0.15, 0.2) is 0 Å². The first kappa shape index (κ1) is 9.23. The zero-order valence-electron chi connectivity index (χ0n) is 7.95. The van der Waals surface area contributed by atoms with E-state index in [9.17, 15) is 0 Å². The van der Waals surface area contributed by atoms with Crippen LogP contribution in [0.2, 0.25) is 0 Å². The van der Waals surface area contributed by atoms with Gasteiger partial charge in [-0.1, -0.05) is 20.3 Å². The standard InChI is InChI=1S/C9H17N3/c1-3-5-6-9-11-10-8-12(9)7-4-2/h8H,3-7H2,1-2H3. The van der Waals surface area contributed by atoms with E-state index >= 15 is 0 Å². The molecule has 12 heavy (non-hydrogen) atoms. The second-order valence-electron chi connectivity index (χ2n) is 3.04. The minimum Gasteiger partial charge on any atom is -0.318 e. The fourth-order valence-corrected chi connectivity index (χ4v) is 1.24. The van der Waals surface area contributed by atoms with Gasteiger partial charge in [-0.2, -0.15) is 0 Å². The summed E-state index contributed by atoms with van der Waals surface area (Å²) in [4.78, 5) is 0. The van der Waals surface area contributed by atoms with Crippen LogP contribution in [0.4, 0.5) is 0 Å². The third kappa shape index (κ3) is 2.32.